The second kappa shape index (κ2) is 6.91. The van der Waals surface area contributed by atoms with Crippen molar-refractivity contribution in [2.45, 2.75) is 51.7 Å². The first-order valence-corrected chi connectivity index (χ1v) is 7.72. The van der Waals surface area contributed by atoms with E-state index in [1.54, 1.807) is 20.3 Å². The molecule has 2 aromatic heterocycles. The summed E-state index contributed by atoms with van der Waals surface area (Å²) >= 11 is 0. The second-order valence-electron chi connectivity index (χ2n) is 5.87. The van der Waals surface area contributed by atoms with Gasteiger partial charge in [0.1, 0.15) is 0 Å². The molecule has 0 amide bonds. The van der Waals surface area contributed by atoms with Crippen LogP contribution in [0.4, 0.5) is 0 Å². The normalized spacial score (nSPS) is 12.9. The van der Waals surface area contributed by atoms with Crippen LogP contribution in [0, 0.1) is 0 Å². The highest BCUT2D eigenvalue weighted by Crippen LogP contribution is 2.10. The molecule has 2 heterocycles. The average molecular weight is 308 g/mol. The van der Waals surface area contributed by atoms with E-state index in [0.29, 0.717) is 17.7 Å². The third-order valence-corrected chi connectivity index (χ3v) is 3.99. The SMILES string of the molecule is CC(O)CCCCCCn1cnc2c1c(=O)n(C)c(=O)n2C. The van der Waals surface area contributed by atoms with Gasteiger partial charge in [0.2, 0.25) is 0 Å². The quantitative estimate of drug-likeness (QED) is 0.766. The van der Waals surface area contributed by atoms with Crippen molar-refractivity contribution in [3.05, 3.63) is 27.2 Å². The Morgan fingerprint density at radius 1 is 1.14 bits per heavy atom. The van der Waals surface area contributed by atoms with Crippen molar-refractivity contribution in [2.24, 2.45) is 14.1 Å². The molecule has 0 spiro atoms. The van der Waals surface area contributed by atoms with Gasteiger partial charge in [0.15, 0.2) is 11.2 Å². The third kappa shape index (κ3) is 3.30. The number of nitrogens with zero attached hydrogens (tertiary/aromatic N) is 4. The molecule has 122 valence electrons. The number of imidazole rings is 1. The highest BCUT2D eigenvalue weighted by molar-refractivity contribution is 5.69. The summed E-state index contributed by atoms with van der Waals surface area (Å²) in [7, 11) is 3.11. The molecule has 0 radical (unpaired) electrons. The van der Waals surface area contributed by atoms with Gasteiger partial charge in [-0.3, -0.25) is 13.9 Å². The monoisotopic (exact) mass is 308 g/mol. The average Bonchev–Trinajstić information content (AvgIpc) is 2.90. The van der Waals surface area contributed by atoms with Crippen molar-refractivity contribution in [3.8, 4) is 0 Å². The van der Waals surface area contributed by atoms with Gasteiger partial charge in [0.05, 0.1) is 12.4 Å². The van der Waals surface area contributed by atoms with Crippen LogP contribution in [0.25, 0.3) is 11.2 Å². The molecule has 0 bridgehead atoms. The van der Waals surface area contributed by atoms with Crippen LogP contribution in [0.15, 0.2) is 15.9 Å². The van der Waals surface area contributed by atoms with Crippen molar-refractivity contribution in [2.75, 3.05) is 0 Å². The Labute approximate surface area is 128 Å². The fourth-order valence-electron chi connectivity index (χ4n) is 2.64. The molecular formula is C15H24N4O3. The number of aryl methyl sites for hydroxylation is 2. The fourth-order valence-corrected chi connectivity index (χ4v) is 2.64. The van der Waals surface area contributed by atoms with Crippen LogP contribution in [0.1, 0.15) is 39.0 Å². The van der Waals surface area contributed by atoms with E-state index in [0.717, 1.165) is 36.7 Å². The number of aliphatic hydroxyl groups is 1. The zero-order valence-electron chi connectivity index (χ0n) is 13.4. The van der Waals surface area contributed by atoms with Crippen LogP contribution < -0.4 is 11.2 Å². The molecular weight excluding hydrogens is 284 g/mol. The van der Waals surface area contributed by atoms with Crippen LogP contribution in [0.2, 0.25) is 0 Å². The van der Waals surface area contributed by atoms with Crippen LogP contribution in [0.3, 0.4) is 0 Å². The second-order valence-corrected chi connectivity index (χ2v) is 5.87. The van der Waals surface area contributed by atoms with Crippen molar-refractivity contribution in [1.82, 2.24) is 18.7 Å². The largest absolute Gasteiger partial charge is 0.393 e. The highest BCUT2D eigenvalue weighted by atomic mass is 16.3. The molecule has 0 fully saturated rings. The molecule has 0 aliphatic rings. The van der Waals surface area contributed by atoms with E-state index in [1.165, 1.54) is 11.6 Å². The molecule has 1 unspecified atom stereocenters. The molecule has 1 N–H and O–H groups in total. The summed E-state index contributed by atoms with van der Waals surface area (Å²) in [6.07, 6.45) is 6.28. The minimum absolute atomic E-state index is 0.234. The Hall–Kier alpha value is -1.89. The number of hydrogen-bond acceptors (Lipinski definition) is 4. The van der Waals surface area contributed by atoms with E-state index in [-0.39, 0.29) is 17.4 Å². The first-order chi connectivity index (χ1) is 10.4. The predicted octanol–water partition coefficient (Wildman–Crippen LogP) is 0.765. The zero-order chi connectivity index (χ0) is 16.3. The van der Waals surface area contributed by atoms with Crippen LogP contribution >= 0.6 is 0 Å². The summed E-state index contributed by atoms with van der Waals surface area (Å²) in [5, 5.41) is 9.21. The van der Waals surface area contributed by atoms with Crippen molar-refractivity contribution >= 4 is 11.2 Å². The standard InChI is InChI=1S/C15H24N4O3/c1-11(20)8-6-4-5-7-9-19-10-16-13-12(19)14(21)18(3)15(22)17(13)2/h10-11,20H,4-9H2,1-3H3. The summed E-state index contributed by atoms with van der Waals surface area (Å²) in [4.78, 5) is 28.3. The lowest BCUT2D eigenvalue weighted by Crippen LogP contribution is -2.37. The highest BCUT2D eigenvalue weighted by Gasteiger charge is 2.13. The fraction of sp³-hybridized carbons (Fsp3) is 0.667. The third-order valence-electron chi connectivity index (χ3n) is 3.99. The van der Waals surface area contributed by atoms with Crippen molar-refractivity contribution in [1.29, 1.82) is 0 Å². The van der Waals surface area contributed by atoms with Gasteiger partial charge in [-0.05, 0) is 19.8 Å². The lowest BCUT2D eigenvalue weighted by Gasteiger charge is -2.07. The number of fused-ring (bicyclic) bond motifs is 1. The van der Waals surface area contributed by atoms with Gasteiger partial charge in [0, 0.05) is 20.6 Å². The van der Waals surface area contributed by atoms with Crippen LogP contribution in [0.5, 0.6) is 0 Å². The number of hydrogen-bond donors (Lipinski definition) is 1. The Morgan fingerprint density at radius 3 is 2.50 bits per heavy atom. The Bertz CT molecular complexity index is 754. The van der Waals surface area contributed by atoms with E-state index in [2.05, 4.69) is 4.98 Å². The van der Waals surface area contributed by atoms with Gasteiger partial charge < -0.3 is 9.67 Å². The summed E-state index contributed by atoms with van der Waals surface area (Å²) in [6, 6.07) is 0. The number of aromatic nitrogens is 4. The molecule has 2 rings (SSSR count). The van der Waals surface area contributed by atoms with Gasteiger partial charge in [-0.15, -0.1) is 0 Å². The van der Waals surface area contributed by atoms with Crippen molar-refractivity contribution in [3.63, 3.8) is 0 Å². The Kier molecular flexibility index (Phi) is 5.18. The maximum atomic E-state index is 12.3. The smallest absolute Gasteiger partial charge is 0.332 e. The van der Waals surface area contributed by atoms with Crippen molar-refractivity contribution < 1.29 is 5.11 Å². The summed E-state index contributed by atoms with van der Waals surface area (Å²) < 4.78 is 4.34. The van der Waals surface area contributed by atoms with E-state index in [4.69, 9.17) is 0 Å². The number of unbranched alkanes of at least 4 members (excludes halogenated alkanes) is 3. The maximum absolute atomic E-state index is 12.3. The summed E-state index contributed by atoms with van der Waals surface area (Å²) in [6.45, 7) is 2.51. The van der Waals surface area contributed by atoms with Crippen LogP contribution in [-0.4, -0.2) is 29.9 Å². The van der Waals surface area contributed by atoms with Gasteiger partial charge in [-0.25, -0.2) is 9.78 Å². The lowest BCUT2D eigenvalue weighted by molar-refractivity contribution is 0.180. The molecule has 0 aromatic carbocycles. The van der Waals surface area contributed by atoms with Gasteiger partial charge in [-0.2, -0.15) is 0 Å². The predicted molar refractivity (Wildman–Crippen MR) is 85.0 cm³/mol. The minimum Gasteiger partial charge on any atom is -0.393 e. The molecule has 22 heavy (non-hydrogen) atoms. The molecule has 0 aliphatic heterocycles. The molecule has 7 heteroatoms. The van der Waals surface area contributed by atoms with E-state index in [9.17, 15) is 14.7 Å². The Balaban J connectivity index is 2.07. The van der Waals surface area contributed by atoms with E-state index in [1.807, 2.05) is 4.57 Å². The van der Waals surface area contributed by atoms with E-state index >= 15 is 0 Å². The summed E-state index contributed by atoms with van der Waals surface area (Å²) in [5.74, 6) is 0. The van der Waals surface area contributed by atoms with Gasteiger partial charge >= 0.3 is 5.69 Å². The minimum atomic E-state index is -0.360. The zero-order valence-corrected chi connectivity index (χ0v) is 13.4. The van der Waals surface area contributed by atoms with Gasteiger partial charge in [0.25, 0.3) is 5.56 Å². The van der Waals surface area contributed by atoms with E-state index < -0.39 is 0 Å². The first-order valence-electron chi connectivity index (χ1n) is 7.72. The number of rotatable bonds is 7. The number of aliphatic hydroxyl groups excluding tert-OH is 1. The Morgan fingerprint density at radius 2 is 1.82 bits per heavy atom. The topological polar surface area (TPSA) is 82.1 Å². The molecule has 0 aliphatic carbocycles. The maximum Gasteiger partial charge on any atom is 0.332 e. The van der Waals surface area contributed by atoms with Gasteiger partial charge in [-0.1, -0.05) is 19.3 Å². The molecule has 0 saturated heterocycles. The first kappa shape index (κ1) is 16.5. The molecule has 2 aromatic rings. The lowest BCUT2D eigenvalue weighted by atomic mass is 10.1. The molecule has 0 saturated carbocycles. The van der Waals surface area contributed by atoms with Crippen LogP contribution in [-0.2, 0) is 20.6 Å². The molecule has 1 atom stereocenters. The molecule has 7 nitrogen and oxygen atoms in total. The summed E-state index contributed by atoms with van der Waals surface area (Å²) in [5.41, 5.74) is 0.251.